The number of benzene rings is 3. The summed E-state index contributed by atoms with van der Waals surface area (Å²) in [6.45, 7) is 0. The van der Waals surface area contributed by atoms with Crippen molar-refractivity contribution in [3.05, 3.63) is 94.5 Å². The third-order valence-corrected chi connectivity index (χ3v) is 5.74. The highest BCUT2D eigenvalue weighted by molar-refractivity contribution is 9.10. The number of rotatable bonds is 7. The van der Waals surface area contributed by atoms with Gasteiger partial charge >= 0.3 is 0 Å². The number of sulfonamides is 1. The second-order valence-electron chi connectivity index (χ2n) is 6.31. The lowest BCUT2D eigenvalue weighted by molar-refractivity contribution is 0.0976. The first-order chi connectivity index (χ1) is 13.3. The van der Waals surface area contributed by atoms with E-state index in [2.05, 4.69) is 21.2 Å². The molecule has 1 unspecified atom stereocenters. The smallest absolute Gasteiger partial charge is 0.238 e. The lowest BCUT2D eigenvalue weighted by Crippen LogP contribution is -2.16. The highest BCUT2D eigenvalue weighted by atomic mass is 79.9. The Morgan fingerprint density at radius 2 is 1.54 bits per heavy atom. The molecule has 1 atom stereocenters. The van der Waals surface area contributed by atoms with Crippen molar-refractivity contribution < 1.29 is 13.2 Å². The van der Waals surface area contributed by atoms with Crippen molar-refractivity contribution in [2.75, 3.05) is 5.32 Å². The fraction of sp³-hybridized carbons (Fsp3) is 0.0952. The van der Waals surface area contributed by atoms with Crippen LogP contribution in [0.2, 0.25) is 0 Å². The minimum atomic E-state index is -3.74. The highest BCUT2D eigenvalue weighted by Crippen LogP contribution is 2.25. The molecule has 0 radical (unpaired) electrons. The van der Waals surface area contributed by atoms with Gasteiger partial charge in [0, 0.05) is 22.1 Å². The average molecular weight is 459 g/mol. The van der Waals surface area contributed by atoms with Crippen molar-refractivity contribution in [2.24, 2.45) is 5.14 Å². The average Bonchev–Trinajstić information content (AvgIpc) is 2.68. The molecule has 5 nitrogen and oxygen atoms in total. The molecule has 0 heterocycles. The monoisotopic (exact) mass is 458 g/mol. The van der Waals surface area contributed by atoms with Crippen LogP contribution in [-0.4, -0.2) is 14.2 Å². The quantitative estimate of drug-likeness (QED) is 0.509. The van der Waals surface area contributed by atoms with Gasteiger partial charge in [-0.3, -0.25) is 4.79 Å². The van der Waals surface area contributed by atoms with E-state index in [9.17, 15) is 13.2 Å². The Morgan fingerprint density at radius 1 is 0.929 bits per heavy atom. The third kappa shape index (κ3) is 5.28. The standard InChI is InChI=1S/C21H19BrN2O3S/c22-17-8-6-16(7-9-17)21(25)14-20(15-4-2-1-3-5-15)24-18-10-12-19(13-11-18)28(23,26)27/h1-13,20,24H,14H2,(H2,23,26,27). The third-order valence-electron chi connectivity index (χ3n) is 4.28. The van der Waals surface area contributed by atoms with Crippen LogP contribution in [0, 0.1) is 0 Å². The molecule has 7 heteroatoms. The molecule has 144 valence electrons. The number of nitrogens with one attached hydrogen (secondary N) is 1. The summed E-state index contributed by atoms with van der Waals surface area (Å²) in [5, 5.41) is 8.46. The maximum atomic E-state index is 12.8. The molecule has 0 aliphatic rings. The molecule has 0 saturated heterocycles. The zero-order chi connectivity index (χ0) is 20.1. The molecule has 3 N–H and O–H groups in total. The Labute approximate surface area is 172 Å². The van der Waals surface area contributed by atoms with E-state index in [0.29, 0.717) is 11.3 Å². The van der Waals surface area contributed by atoms with Crippen LogP contribution in [-0.2, 0) is 10.0 Å². The SMILES string of the molecule is NS(=O)(=O)c1ccc(NC(CC(=O)c2ccc(Br)cc2)c2ccccc2)cc1. The molecule has 28 heavy (non-hydrogen) atoms. The maximum absolute atomic E-state index is 12.8. The number of halogens is 1. The Balaban J connectivity index is 1.83. The molecule has 0 aliphatic heterocycles. The van der Waals surface area contributed by atoms with E-state index in [4.69, 9.17) is 5.14 Å². The zero-order valence-electron chi connectivity index (χ0n) is 14.9. The molecule has 0 saturated carbocycles. The number of anilines is 1. The number of carbonyl (C=O) groups is 1. The van der Waals surface area contributed by atoms with Gasteiger partial charge in [0.05, 0.1) is 10.9 Å². The molecule has 0 aliphatic carbocycles. The molecule has 0 aromatic heterocycles. The van der Waals surface area contributed by atoms with E-state index in [-0.39, 0.29) is 23.1 Å². The summed E-state index contributed by atoms with van der Waals surface area (Å²) in [5.41, 5.74) is 2.30. The Morgan fingerprint density at radius 3 is 2.11 bits per heavy atom. The van der Waals surface area contributed by atoms with E-state index in [1.807, 2.05) is 42.5 Å². The van der Waals surface area contributed by atoms with Gasteiger partial charge < -0.3 is 5.32 Å². The molecule has 0 amide bonds. The van der Waals surface area contributed by atoms with Crippen molar-refractivity contribution in [2.45, 2.75) is 17.4 Å². The fourth-order valence-electron chi connectivity index (χ4n) is 2.82. The van der Waals surface area contributed by atoms with E-state index >= 15 is 0 Å². The summed E-state index contributed by atoms with van der Waals surface area (Å²) in [6.07, 6.45) is 0.253. The molecule has 3 aromatic rings. The van der Waals surface area contributed by atoms with Gasteiger partial charge in [-0.25, -0.2) is 13.6 Å². The van der Waals surface area contributed by atoms with Crippen molar-refractivity contribution in [1.82, 2.24) is 0 Å². The summed E-state index contributed by atoms with van der Waals surface area (Å²) in [5.74, 6) is 0.00927. The van der Waals surface area contributed by atoms with Crippen LogP contribution in [0.3, 0.4) is 0 Å². The first-order valence-corrected chi connectivity index (χ1v) is 10.9. The van der Waals surface area contributed by atoms with Crippen LogP contribution in [0.15, 0.2) is 88.2 Å². The normalized spacial score (nSPS) is 12.4. The summed E-state index contributed by atoms with van der Waals surface area (Å²) in [6, 6.07) is 22.8. The number of Topliss-reactive ketones (excluding diaryl/α,β-unsaturated/α-hetero) is 1. The maximum Gasteiger partial charge on any atom is 0.238 e. The predicted octanol–water partition coefficient (Wildman–Crippen LogP) is 4.52. The molecular formula is C21H19BrN2O3S. The molecule has 0 bridgehead atoms. The topological polar surface area (TPSA) is 89.3 Å². The largest absolute Gasteiger partial charge is 0.378 e. The van der Waals surface area contributed by atoms with Gasteiger partial charge in [-0.15, -0.1) is 0 Å². The number of nitrogens with two attached hydrogens (primary N) is 1. The Hall–Kier alpha value is -2.48. The molecule has 0 fully saturated rings. The summed E-state index contributed by atoms with van der Waals surface area (Å²) in [4.78, 5) is 12.8. The Kier molecular flexibility index (Phi) is 6.28. The second-order valence-corrected chi connectivity index (χ2v) is 8.79. The van der Waals surface area contributed by atoms with E-state index in [0.717, 1.165) is 10.0 Å². The highest BCUT2D eigenvalue weighted by Gasteiger charge is 2.18. The van der Waals surface area contributed by atoms with Gasteiger partial charge in [-0.05, 0) is 42.0 Å². The van der Waals surface area contributed by atoms with Gasteiger partial charge in [-0.2, -0.15) is 0 Å². The number of primary sulfonamides is 1. The van der Waals surface area contributed by atoms with Crippen LogP contribution < -0.4 is 10.5 Å². The van der Waals surface area contributed by atoms with Crippen LogP contribution >= 0.6 is 15.9 Å². The van der Waals surface area contributed by atoms with Gasteiger partial charge in [0.15, 0.2) is 5.78 Å². The van der Waals surface area contributed by atoms with E-state index < -0.39 is 10.0 Å². The summed E-state index contributed by atoms with van der Waals surface area (Å²) >= 11 is 3.37. The second kappa shape index (κ2) is 8.68. The summed E-state index contributed by atoms with van der Waals surface area (Å²) in [7, 11) is -3.74. The van der Waals surface area contributed by atoms with Crippen LogP contribution in [0.25, 0.3) is 0 Å². The minimum Gasteiger partial charge on any atom is -0.378 e. The van der Waals surface area contributed by atoms with Crippen LogP contribution in [0.5, 0.6) is 0 Å². The van der Waals surface area contributed by atoms with Gasteiger partial charge in [-0.1, -0.05) is 58.4 Å². The van der Waals surface area contributed by atoms with Crippen molar-refractivity contribution in [3.8, 4) is 0 Å². The number of carbonyl (C=O) groups excluding carboxylic acids is 1. The lowest BCUT2D eigenvalue weighted by Gasteiger charge is -2.20. The van der Waals surface area contributed by atoms with E-state index in [1.54, 1.807) is 24.3 Å². The van der Waals surface area contributed by atoms with Crippen LogP contribution in [0.1, 0.15) is 28.4 Å². The fourth-order valence-corrected chi connectivity index (χ4v) is 3.60. The number of ketones is 1. The molecular weight excluding hydrogens is 440 g/mol. The first-order valence-electron chi connectivity index (χ1n) is 8.56. The number of hydrogen-bond donors (Lipinski definition) is 2. The zero-order valence-corrected chi connectivity index (χ0v) is 17.3. The first kappa shape index (κ1) is 20.3. The molecule has 3 aromatic carbocycles. The minimum absolute atomic E-state index is 0.00927. The number of hydrogen-bond acceptors (Lipinski definition) is 4. The van der Waals surface area contributed by atoms with Gasteiger partial charge in [0.25, 0.3) is 0 Å². The van der Waals surface area contributed by atoms with Gasteiger partial charge in [0.2, 0.25) is 10.0 Å². The summed E-state index contributed by atoms with van der Waals surface area (Å²) < 4.78 is 23.8. The Bertz CT molecular complexity index is 1050. The van der Waals surface area contributed by atoms with Crippen molar-refractivity contribution >= 4 is 37.4 Å². The van der Waals surface area contributed by atoms with Gasteiger partial charge in [0.1, 0.15) is 0 Å². The van der Waals surface area contributed by atoms with Crippen molar-refractivity contribution in [3.63, 3.8) is 0 Å². The van der Waals surface area contributed by atoms with E-state index in [1.165, 1.54) is 12.1 Å². The molecule has 0 spiro atoms. The van der Waals surface area contributed by atoms with Crippen LogP contribution in [0.4, 0.5) is 5.69 Å². The lowest BCUT2D eigenvalue weighted by atomic mass is 9.97. The van der Waals surface area contributed by atoms with Crippen molar-refractivity contribution in [1.29, 1.82) is 0 Å². The molecule has 3 rings (SSSR count). The predicted molar refractivity (Wildman–Crippen MR) is 114 cm³/mol.